The van der Waals surface area contributed by atoms with Gasteiger partial charge in [-0.15, -0.1) is 0 Å². The van der Waals surface area contributed by atoms with Crippen LogP contribution in [-0.2, 0) is 0 Å². The predicted octanol–water partition coefficient (Wildman–Crippen LogP) is 1.44. The quantitative estimate of drug-likeness (QED) is 0.876. The van der Waals surface area contributed by atoms with Gasteiger partial charge < -0.3 is 10.0 Å². The summed E-state index contributed by atoms with van der Waals surface area (Å²) in [5.41, 5.74) is 3.18. The van der Waals surface area contributed by atoms with E-state index in [4.69, 9.17) is 0 Å². The molecule has 0 spiro atoms. The molecule has 0 radical (unpaired) electrons. The van der Waals surface area contributed by atoms with Crippen LogP contribution in [0.15, 0.2) is 36.4 Å². The fourth-order valence-corrected chi connectivity index (χ4v) is 2.56. The van der Waals surface area contributed by atoms with Gasteiger partial charge in [0.1, 0.15) is 5.75 Å². The van der Waals surface area contributed by atoms with E-state index in [1.807, 2.05) is 35.3 Å². The minimum Gasteiger partial charge on any atom is -0.506 e. The average Bonchev–Trinajstić information content (AvgIpc) is 2.50. The van der Waals surface area contributed by atoms with Gasteiger partial charge in [-0.05, 0) is 18.5 Å². The molecular weight excluding hydrogens is 266 g/mol. The van der Waals surface area contributed by atoms with Crippen molar-refractivity contribution in [3.05, 3.63) is 42.0 Å². The van der Waals surface area contributed by atoms with Crippen molar-refractivity contribution < 1.29 is 9.90 Å². The minimum absolute atomic E-state index is 0.0414. The van der Waals surface area contributed by atoms with E-state index < -0.39 is 0 Å². The van der Waals surface area contributed by atoms with E-state index in [1.54, 1.807) is 6.07 Å². The Hall–Kier alpha value is -2.11. The van der Waals surface area contributed by atoms with E-state index >= 15 is 0 Å². The molecule has 1 fully saturated rings. The number of fused-ring (bicyclic) bond motifs is 1. The fraction of sp³-hybridized carbons (Fsp3) is 0.312. The summed E-state index contributed by atoms with van der Waals surface area (Å²) >= 11 is 0. The molecule has 1 heterocycles. The first-order chi connectivity index (χ1) is 10.1. The largest absolute Gasteiger partial charge is 0.506 e. The van der Waals surface area contributed by atoms with Crippen molar-refractivity contribution >= 4 is 16.7 Å². The van der Waals surface area contributed by atoms with Gasteiger partial charge in [-0.3, -0.25) is 10.2 Å². The van der Waals surface area contributed by atoms with Crippen LogP contribution < -0.4 is 5.43 Å². The monoisotopic (exact) mass is 285 g/mol. The van der Waals surface area contributed by atoms with Gasteiger partial charge in [0, 0.05) is 31.6 Å². The van der Waals surface area contributed by atoms with E-state index in [-0.39, 0.29) is 11.7 Å². The Morgan fingerprint density at radius 2 is 1.81 bits per heavy atom. The number of benzene rings is 2. The van der Waals surface area contributed by atoms with Crippen LogP contribution in [0.5, 0.6) is 5.75 Å². The number of carbonyl (C=O) groups is 1. The summed E-state index contributed by atoms with van der Waals surface area (Å²) in [6.07, 6.45) is 0. The number of nitrogens with zero attached hydrogens (tertiary/aromatic N) is 2. The van der Waals surface area contributed by atoms with Crippen LogP contribution in [0.2, 0.25) is 0 Å². The van der Waals surface area contributed by atoms with Crippen molar-refractivity contribution in [2.24, 2.45) is 0 Å². The molecule has 0 atom stereocenters. The van der Waals surface area contributed by atoms with Crippen molar-refractivity contribution in [1.82, 2.24) is 15.3 Å². The van der Waals surface area contributed by atoms with Crippen LogP contribution in [0, 0.1) is 0 Å². The highest BCUT2D eigenvalue weighted by Crippen LogP contribution is 2.28. The molecule has 0 unspecified atom stereocenters. The molecule has 1 amide bonds. The summed E-state index contributed by atoms with van der Waals surface area (Å²) in [6.45, 7) is 3.42. The van der Waals surface area contributed by atoms with Crippen LogP contribution in [-0.4, -0.2) is 54.1 Å². The van der Waals surface area contributed by atoms with Crippen LogP contribution in [0.4, 0.5) is 0 Å². The molecule has 21 heavy (non-hydrogen) atoms. The van der Waals surface area contributed by atoms with Gasteiger partial charge in [0.05, 0.1) is 5.56 Å². The first kappa shape index (κ1) is 13.9. The second-order valence-corrected chi connectivity index (χ2v) is 5.41. The predicted molar refractivity (Wildman–Crippen MR) is 82.1 cm³/mol. The number of rotatable bonds is 2. The number of amides is 1. The number of hydrogen-bond donors (Lipinski definition) is 2. The maximum atomic E-state index is 12.3. The van der Waals surface area contributed by atoms with Gasteiger partial charge in [0.2, 0.25) is 0 Å². The van der Waals surface area contributed by atoms with E-state index in [1.165, 1.54) is 0 Å². The molecule has 5 nitrogen and oxygen atoms in total. The van der Waals surface area contributed by atoms with Crippen LogP contribution in [0.25, 0.3) is 10.8 Å². The highest BCUT2D eigenvalue weighted by atomic mass is 16.3. The summed E-state index contributed by atoms with van der Waals surface area (Å²) in [6, 6.07) is 11.0. The Morgan fingerprint density at radius 3 is 2.57 bits per heavy atom. The third kappa shape index (κ3) is 2.84. The average molecular weight is 285 g/mol. The molecule has 3 rings (SSSR count). The van der Waals surface area contributed by atoms with E-state index in [2.05, 4.69) is 17.4 Å². The van der Waals surface area contributed by atoms with Crippen LogP contribution >= 0.6 is 0 Å². The first-order valence-corrected chi connectivity index (χ1v) is 7.10. The lowest BCUT2D eigenvalue weighted by Crippen LogP contribution is -2.52. The number of nitrogens with one attached hydrogen (secondary N) is 1. The second-order valence-electron chi connectivity index (χ2n) is 5.41. The molecule has 2 aromatic rings. The van der Waals surface area contributed by atoms with Crippen molar-refractivity contribution in [3.8, 4) is 5.75 Å². The van der Waals surface area contributed by atoms with Crippen molar-refractivity contribution in [2.45, 2.75) is 0 Å². The number of phenols is 1. The smallest absolute Gasteiger partial charge is 0.269 e. The van der Waals surface area contributed by atoms with Crippen LogP contribution in [0.3, 0.4) is 0 Å². The highest BCUT2D eigenvalue weighted by Gasteiger charge is 2.19. The Balaban J connectivity index is 1.80. The lowest BCUT2D eigenvalue weighted by molar-refractivity contribution is 0.0660. The topological polar surface area (TPSA) is 55.8 Å². The molecule has 5 heteroatoms. The zero-order valence-electron chi connectivity index (χ0n) is 12.0. The number of carbonyl (C=O) groups excluding carboxylic acids is 1. The second kappa shape index (κ2) is 5.71. The van der Waals surface area contributed by atoms with E-state index in [0.717, 1.165) is 31.6 Å². The highest BCUT2D eigenvalue weighted by molar-refractivity contribution is 6.03. The number of phenolic OH excluding ortho intramolecular Hbond substituents is 1. The van der Waals surface area contributed by atoms with Gasteiger partial charge in [0.15, 0.2) is 0 Å². The minimum atomic E-state index is -0.261. The third-order valence-electron chi connectivity index (χ3n) is 3.91. The van der Waals surface area contributed by atoms with E-state index in [0.29, 0.717) is 10.9 Å². The molecule has 1 aliphatic heterocycles. The molecule has 2 aromatic carbocycles. The Morgan fingerprint density at radius 1 is 1.10 bits per heavy atom. The van der Waals surface area contributed by atoms with E-state index in [9.17, 15) is 9.90 Å². The number of aromatic hydroxyl groups is 1. The lowest BCUT2D eigenvalue weighted by atomic mass is 10.1. The summed E-state index contributed by atoms with van der Waals surface area (Å²) in [5.74, 6) is -0.220. The third-order valence-corrected chi connectivity index (χ3v) is 3.91. The fourth-order valence-electron chi connectivity index (χ4n) is 2.56. The number of likely N-dealkylation sites (N-methyl/N-ethyl adjacent to an activating group) is 1. The normalized spacial score (nSPS) is 17.0. The number of hydrogen-bond acceptors (Lipinski definition) is 4. The zero-order chi connectivity index (χ0) is 14.8. The summed E-state index contributed by atoms with van der Waals surface area (Å²) in [5, 5.41) is 13.8. The van der Waals surface area contributed by atoms with Gasteiger partial charge in [-0.25, -0.2) is 5.01 Å². The SMILES string of the molecule is CN1CCN(NC(=O)c2ccc3ccccc3c2O)CC1. The van der Waals surface area contributed by atoms with Crippen molar-refractivity contribution in [1.29, 1.82) is 0 Å². The zero-order valence-corrected chi connectivity index (χ0v) is 12.0. The Kier molecular flexibility index (Phi) is 3.77. The molecule has 110 valence electrons. The van der Waals surface area contributed by atoms with Gasteiger partial charge in [-0.2, -0.15) is 0 Å². The molecule has 0 aliphatic carbocycles. The summed E-state index contributed by atoms with van der Waals surface area (Å²) in [7, 11) is 2.06. The van der Waals surface area contributed by atoms with Gasteiger partial charge >= 0.3 is 0 Å². The number of piperazine rings is 1. The Labute approximate surface area is 123 Å². The maximum Gasteiger partial charge on any atom is 0.269 e. The summed E-state index contributed by atoms with van der Waals surface area (Å²) < 4.78 is 0. The molecule has 2 N–H and O–H groups in total. The van der Waals surface area contributed by atoms with Crippen molar-refractivity contribution in [2.75, 3.05) is 33.2 Å². The molecule has 1 aliphatic rings. The van der Waals surface area contributed by atoms with Gasteiger partial charge in [-0.1, -0.05) is 30.3 Å². The van der Waals surface area contributed by atoms with Crippen LogP contribution in [0.1, 0.15) is 10.4 Å². The number of hydrazine groups is 1. The maximum absolute atomic E-state index is 12.3. The van der Waals surface area contributed by atoms with Crippen molar-refractivity contribution in [3.63, 3.8) is 0 Å². The van der Waals surface area contributed by atoms with Gasteiger partial charge in [0.25, 0.3) is 5.91 Å². The molecule has 1 saturated heterocycles. The first-order valence-electron chi connectivity index (χ1n) is 7.10. The molecule has 0 bridgehead atoms. The Bertz CT molecular complexity index is 664. The molecule has 0 aromatic heterocycles. The lowest BCUT2D eigenvalue weighted by Gasteiger charge is -2.32. The molecular formula is C16H19N3O2. The summed E-state index contributed by atoms with van der Waals surface area (Å²) in [4.78, 5) is 14.6. The molecule has 0 saturated carbocycles. The standard InChI is InChI=1S/C16H19N3O2/c1-18-8-10-19(11-9-18)17-16(21)14-7-6-12-4-2-3-5-13(12)15(14)20/h2-7,20H,8-11H2,1H3,(H,17,21).